The highest BCUT2D eigenvalue weighted by molar-refractivity contribution is 9.10. The molecule has 1 unspecified atom stereocenters. The number of H-pyrrole nitrogens is 3. The first kappa shape index (κ1) is 15.2. The zero-order valence-corrected chi connectivity index (χ0v) is 14.9. The average Bonchev–Trinajstić information content (AvgIpc) is 3.03. The molecule has 0 saturated heterocycles. The van der Waals surface area contributed by atoms with Gasteiger partial charge >= 0.3 is 5.69 Å². The lowest BCUT2D eigenvalue weighted by Crippen LogP contribution is -2.30. The van der Waals surface area contributed by atoms with Crippen LogP contribution in [0.4, 0.5) is 0 Å². The highest BCUT2D eigenvalue weighted by atomic mass is 79.9. The Morgan fingerprint density at radius 2 is 1.85 bits per heavy atom. The van der Waals surface area contributed by atoms with Crippen LogP contribution in [0.2, 0.25) is 0 Å². The van der Waals surface area contributed by atoms with E-state index in [1.807, 2.05) is 48.7 Å². The van der Waals surface area contributed by atoms with Crippen molar-refractivity contribution in [2.24, 2.45) is 0 Å². The summed E-state index contributed by atoms with van der Waals surface area (Å²) in [4.78, 5) is 32.5. The highest BCUT2D eigenvalue weighted by Crippen LogP contribution is 2.46. The molecule has 0 aliphatic carbocycles. The van der Waals surface area contributed by atoms with Gasteiger partial charge in [-0.25, -0.2) is 4.79 Å². The number of hydrogen-bond donors (Lipinski definition) is 3. The second-order valence-corrected chi connectivity index (χ2v) is 7.07. The molecule has 1 atom stereocenters. The van der Waals surface area contributed by atoms with Crippen LogP contribution in [0.25, 0.3) is 10.9 Å². The summed E-state index contributed by atoms with van der Waals surface area (Å²) < 4.78 is 6.70. The Balaban J connectivity index is 1.87. The van der Waals surface area contributed by atoms with Crippen LogP contribution in [0.3, 0.4) is 0 Å². The summed E-state index contributed by atoms with van der Waals surface area (Å²) in [5, 5.41) is 1.02. The third-order valence-corrected chi connectivity index (χ3v) is 5.16. The normalized spacial score (nSPS) is 15.3. The Hall–Kier alpha value is -3.06. The van der Waals surface area contributed by atoms with Gasteiger partial charge in [0.05, 0.1) is 11.5 Å². The van der Waals surface area contributed by atoms with Gasteiger partial charge in [0, 0.05) is 27.1 Å². The van der Waals surface area contributed by atoms with E-state index >= 15 is 0 Å². The number of nitrogens with one attached hydrogen (secondary N) is 3. The van der Waals surface area contributed by atoms with Gasteiger partial charge in [0.15, 0.2) is 0 Å². The summed E-state index contributed by atoms with van der Waals surface area (Å²) in [5.41, 5.74) is 2.14. The number of halogens is 1. The Morgan fingerprint density at radius 1 is 1.00 bits per heavy atom. The molecule has 7 heteroatoms. The predicted molar refractivity (Wildman–Crippen MR) is 101 cm³/mol. The molecule has 3 heterocycles. The molecular formula is C19H12BrN3O3. The number of fused-ring (bicyclic) bond motifs is 3. The van der Waals surface area contributed by atoms with E-state index in [9.17, 15) is 9.59 Å². The van der Waals surface area contributed by atoms with Crippen LogP contribution >= 0.6 is 15.9 Å². The first-order chi connectivity index (χ1) is 12.6. The Kier molecular flexibility index (Phi) is 3.20. The largest absolute Gasteiger partial charge is 0.440 e. The zero-order chi connectivity index (χ0) is 17.8. The SMILES string of the molecule is O=c1[nH]c2c(c(=O)[nH]1)C(c1c[nH]c3ccccc13)c1ccc(Br)cc1O2. The maximum atomic E-state index is 12.6. The lowest BCUT2D eigenvalue weighted by molar-refractivity contribution is 0.428. The predicted octanol–water partition coefficient (Wildman–Crippen LogP) is 3.59. The van der Waals surface area contributed by atoms with Gasteiger partial charge in [-0.15, -0.1) is 0 Å². The third-order valence-electron chi connectivity index (χ3n) is 4.66. The van der Waals surface area contributed by atoms with E-state index in [0.29, 0.717) is 11.3 Å². The van der Waals surface area contributed by atoms with E-state index in [1.165, 1.54) is 0 Å². The molecule has 0 amide bonds. The smallest absolute Gasteiger partial charge is 0.328 e. The van der Waals surface area contributed by atoms with Crippen LogP contribution < -0.4 is 16.0 Å². The first-order valence-corrected chi connectivity index (χ1v) is 8.81. The van der Waals surface area contributed by atoms with Crippen molar-refractivity contribution in [2.75, 3.05) is 0 Å². The molecule has 1 aliphatic heterocycles. The van der Waals surface area contributed by atoms with Crippen LogP contribution in [-0.4, -0.2) is 15.0 Å². The number of aromatic nitrogens is 3. The van der Waals surface area contributed by atoms with Crippen molar-refractivity contribution in [3.05, 3.63) is 90.7 Å². The van der Waals surface area contributed by atoms with Gasteiger partial charge in [-0.05, 0) is 23.8 Å². The Bertz CT molecular complexity index is 1290. The van der Waals surface area contributed by atoms with Gasteiger partial charge in [-0.2, -0.15) is 0 Å². The lowest BCUT2D eigenvalue weighted by Gasteiger charge is -2.26. The van der Waals surface area contributed by atoms with Crippen molar-refractivity contribution >= 4 is 26.8 Å². The fraction of sp³-hybridized carbons (Fsp3) is 0.0526. The van der Waals surface area contributed by atoms with Crippen molar-refractivity contribution in [3.63, 3.8) is 0 Å². The summed E-state index contributed by atoms with van der Waals surface area (Å²) in [6, 6.07) is 13.6. The van der Waals surface area contributed by atoms with Crippen molar-refractivity contribution in [2.45, 2.75) is 5.92 Å². The van der Waals surface area contributed by atoms with Crippen molar-refractivity contribution in [3.8, 4) is 11.6 Å². The number of hydrogen-bond acceptors (Lipinski definition) is 3. The fourth-order valence-corrected chi connectivity index (χ4v) is 3.91. The Morgan fingerprint density at radius 3 is 2.73 bits per heavy atom. The quantitative estimate of drug-likeness (QED) is 0.395. The average molecular weight is 410 g/mol. The van der Waals surface area contributed by atoms with Crippen molar-refractivity contribution in [1.29, 1.82) is 0 Å². The molecule has 0 fully saturated rings. The van der Waals surface area contributed by atoms with Gasteiger partial charge in [-0.3, -0.25) is 14.8 Å². The van der Waals surface area contributed by atoms with Gasteiger partial charge < -0.3 is 9.72 Å². The van der Waals surface area contributed by atoms with Crippen LogP contribution in [0.15, 0.2) is 62.7 Å². The van der Waals surface area contributed by atoms with Crippen LogP contribution in [0.5, 0.6) is 11.6 Å². The Labute approximate surface area is 155 Å². The van der Waals surface area contributed by atoms with Crippen LogP contribution in [-0.2, 0) is 0 Å². The molecule has 1 aliphatic rings. The van der Waals surface area contributed by atoms with E-state index in [-0.39, 0.29) is 11.8 Å². The standard InChI is InChI=1S/C19H12BrN3O3/c20-9-5-6-11-14(7-9)26-18-16(17(24)22-19(25)23-18)15(11)12-8-21-13-4-2-1-3-10(12)13/h1-8,15,21H,(H2,22,23,24,25). The minimum Gasteiger partial charge on any atom is -0.440 e. The van der Waals surface area contributed by atoms with E-state index in [4.69, 9.17) is 4.74 Å². The third kappa shape index (κ3) is 2.17. The van der Waals surface area contributed by atoms with Crippen molar-refractivity contribution < 1.29 is 4.74 Å². The minimum absolute atomic E-state index is 0.180. The maximum Gasteiger partial charge on any atom is 0.328 e. The second-order valence-electron chi connectivity index (χ2n) is 6.16. The molecule has 2 aromatic carbocycles. The molecule has 0 bridgehead atoms. The molecule has 26 heavy (non-hydrogen) atoms. The second kappa shape index (κ2) is 5.47. The molecule has 0 spiro atoms. The van der Waals surface area contributed by atoms with Gasteiger partial charge in [0.25, 0.3) is 5.56 Å². The summed E-state index contributed by atoms with van der Waals surface area (Å²) >= 11 is 3.44. The van der Waals surface area contributed by atoms with Crippen molar-refractivity contribution in [1.82, 2.24) is 15.0 Å². The monoisotopic (exact) mass is 409 g/mol. The molecule has 4 aromatic rings. The minimum atomic E-state index is -0.593. The molecule has 2 aromatic heterocycles. The molecule has 0 radical (unpaired) electrons. The number of aromatic amines is 3. The molecule has 0 saturated carbocycles. The number of benzene rings is 2. The summed E-state index contributed by atoms with van der Waals surface area (Å²) in [6.45, 7) is 0. The van der Waals surface area contributed by atoms with Crippen LogP contribution in [0.1, 0.15) is 22.6 Å². The molecule has 6 nitrogen and oxygen atoms in total. The first-order valence-electron chi connectivity index (χ1n) is 8.01. The van der Waals surface area contributed by atoms with E-state index in [2.05, 4.69) is 30.9 Å². The fourth-order valence-electron chi connectivity index (χ4n) is 3.57. The number of rotatable bonds is 1. The van der Waals surface area contributed by atoms with Gasteiger partial charge in [0.1, 0.15) is 5.75 Å². The molecule has 3 N–H and O–H groups in total. The van der Waals surface area contributed by atoms with Gasteiger partial charge in [0.2, 0.25) is 5.88 Å². The van der Waals surface area contributed by atoms with E-state index in [1.54, 1.807) is 0 Å². The van der Waals surface area contributed by atoms with Gasteiger partial charge in [-0.1, -0.05) is 40.2 Å². The summed E-state index contributed by atoms with van der Waals surface area (Å²) in [6.07, 6.45) is 1.90. The molecular weight excluding hydrogens is 398 g/mol. The van der Waals surface area contributed by atoms with E-state index in [0.717, 1.165) is 26.5 Å². The lowest BCUT2D eigenvalue weighted by atomic mass is 9.84. The number of para-hydroxylation sites is 1. The number of ether oxygens (including phenoxy) is 1. The molecule has 5 rings (SSSR count). The maximum absolute atomic E-state index is 12.6. The topological polar surface area (TPSA) is 90.7 Å². The molecule has 128 valence electrons. The summed E-state index contributed by atoms with van der Waals surface area (Å²) in [5.74, 6) is 0.418. The van der Waals surface area contributed by atoms with E-state index < -0.39 is 11.2 Å². The van der Waals surface area contributed by atoms with Crippen LogP contribution in [0, 0.1) is 0 Å². The summed E-state index contributed by atoms with van der Waals surface area (Å²) in [7, 11) is 0. The highest BCUT2D eigenvalue weighted by Gasteiger charge is 2.33. The zero-order valence-electron chi connectivity index (χ0n) is 13.3.